The summed E-state index contributed by atoms with van der Waals surface area (Å²) in [4.78, 5) is 28.6. The number of methoxy groups -OCH3 is 8. The van der Waals surface area contributed by atoms with E-state index in [1.807, 2.05) is 30.3 Å². The number of anilines is 2. The third-order valence-electron chi connectivity index (χ3n) is 10.7. The lowest BCUT2D eigenvalue weighted by Gasteiger charge is -2.43. The molecule has 0 aromatic heterocycles. The van der Waals surface area contributed by atoms with Crippen LogP contribution in [-0.4, -0.2) is 80.5 Å². The molecular weight excluding hydrogens is 969 g/mol. The SMILES string of the molecule is C=C1C(=O)N(c2cc(OC)c(OC)c(OC)c2)[C@H]1c1ccc(OC)c(O)c1.C=C1C(=O)N(c2cc(OC)c(OC)c(OC)c2)[C@H]1c1ccc(OC)c(OP(C)(=O)OCc2ccccc2)c1.O=POP=O. The molecule has 0 saturated carbocycles. The number of ether oxygens (including phenoxy) is 8. The number of aromatic hydroxyl groups is 1. The lowest BCUT2D eigenvalue weighted by molar-refractivity contribution is -0.119. The summed E-state index contributed by atoms with van der Waals surface area (Å²) >= 11 is 0. The van der Waals surface area contributed by atoms with Gasteiger partial charge in [-0.05, 0) is 41.0 Å². The summed E-state index contributed by atoms with van der Waals surface area (Å²) in [6, 6.07) is 25.4. The maximum Gasteiger partial charge on any atom is 0.376 e. The number of hydrogen-bond acceptors (Lipinski definition) is 17. The number of amides is 2. The third-order valence-corrected chi connectivity index (χ3v) is 12.3. The fourth-order valence-corrected chi connectivity index (χ4v) is 8.44. The van der Waals surface area contributed by atoms with Crippen molar-refractivity contribution in [2.75, 3.05) is 73.3 Å². The number of hydrogen-bond donors (Lipinski definition) is 1. The van der Waals surface area contributed by atoms with Crippen LogP contribution in [0.15, 0.2) is 115 Å². The van der Waals surface area contributed by atoms with E-state index in [1.165, 1.54) is 63.5 Å². The Balaban J connectivity index is 0.000000249. The minimum Gasteiger partial charge on any atom is -0.504 e. The van der Waals surface area contributed by atoms with Crippen LogP contribution in [0, 0.1) is 0 Å². The second-order valence-electron chi connectivity index (χ2n) is 14.7. The largest absolute Gasteiger partial charge is 0.504 e. The predicted octanol–water partition coefficient (Wildman–Crippen LogP) is 10.3. The zero-order chi connectivity index (χ0) is 51.3. The van der Waals surface area contributed by atoms with Gasteiger partial charge in [0.2, 0.25) is 11.5 Å². The van der Waals surface area contributed by atoms with E-state index in [4.69, 9.17) is 56.1 Å². The van der Waals surface area contributed by atoms with Gasteiger partial charge in [-0.1, -0.05) is 55.6 Å². The van der Waals surface area contributed by atoms with E-state index >= 15 is 0 Å². The van der Waals surface area contributed by atoms with Crippen LogP contribution < -0.4 is 52.2 Å². The van der Waals surface area contributed by atoms with Crippen LogP contribution in [0.25, 0.3) is 0 Å². The van der Waals surface area contributed by atoms with E-state index in [0.29, 0.717) is 79.6 Å². The highest BCUT2D eigenvalue weighted by Crippen LogP contribution is 2.52. The van der Waals surface area contributed by atoms with E-state index in [2.05, 4.69) is 17.5 Å². The summed E-state index contributed by atoms with van der Waals surface area (Å²) in [5, 5.41) is 10.1. The molecule has 2 fully saturated rings. The van der Waals surface area contributed by atoms with Crippen molar-refractivity contribution in [1.82, 2.24) is 0 Å². The van der Waals surface area contributed by atoms with Crippen LogP contribution in [0.5, 0.6) is 57.5 Å². The van der Waals surface area contributed by atoms with Crippen molar-refractivity contribution >= 4 is 48.2 Å². The predicted molar refractivity (Wildman–Crippen MR) is 260 cm³/mol. The number of nitrogens with zero attached hydrogens (tertiary/aromatic N) is 2. The van der Waals surface area contributed by atoms with Crippen LogP contribution >= 0.6 is 25.0 Å². The molecule has 370 valence electrons. The number of rotatable bonds is 19. The Bertz CT molecular complexity index is 2730. The van der Waals surface area contributed by atoms with Crippen molar-refractivity contribution in [3.63, 3.8) is 0 Å². The van der Waals surface area contributed by atoms with Crippen LogP contribution in [0.3, 0.4) is 0 Å². The zero-order valence-electron chi connectivity index (χ0n) is 39.7. The average molecular weight is 1020 g/mol. The van der Waals surface area contributed by atoms with Crippen LogP contribution in [0.2, 0.25) is 0 Å². The summed E-state index contributed by atoms with van der Waals surface area (Å²) in [6.07, 6.45) is 0. The molecule has 70 heavy (non-hydrogen) atoms. The van der Waals surface area contributed by atoms with Crippen LogP contribution in [0.1, 0.15) is 28.8 Å². The van der Waals surface area contributed by atoms with Crippen molar-refractivity contribution in [2.45, 2.75) is 18.7 Å². The quantitative estimate of drug-likeness (QED) is 0.0463. The maximum atomic E-state index is 13.2. The maximum absolute atomic E-state index is 13.2. The van der Waals surface area contributed by atoms with Crippen molar-refractivity contribution in [2.24, 2.45) is 0 Å². The molecule has 5 aromatic rings. The minimum atomic E-state index is -3.52. The van der Waals surface area contributed by atoms with E-state index in [0.717, 1.165) is 5.56 Å². The van der Waals surface area contributed by atoms with Gasteiger partial charge in [-0.3, -0.25) is 23.9 Å². The van der Waals surface area contributed by atoms with Gasteiger partial charge in [0.25, 0.3) is 11.8 Å². The molecule has 2 saturated heterocycles. The Morgan fingerprint density at radius 3 is 1.34 bits per heavy atom. The van der Waals surface area contributed by atoms with Gasteiger partial charge < -0.3 is 47.5 Å². The van der Waals surface area contributed by atoms with Gasteiger partial charge >= 0.3 is 25.0 Å². The van der Waals surface area contributed by atoms with Crippen LogP contribution in [-0.2, 0) is 38.7 Å². The topological polar surface area (TPSA) is 214 Å². The number of carbonyl (C=O) groups excluding carboxylic acids is 2. The Morgan fingerprint density at radius 1 is 0.557 bits per heavy atom. The van der Waals surface area contributed by atoms with Gasteiger partial charge in [0.1, 0.15) is 0 Å². The van der Waals surface area contributed by atoms with E-state index in [-0.39, 0.29) is 29.9 Å². The van der Waals surface area contributed by atoms with E-state index in [1.54, 1.807) is 70.5 Å². The second kappa shape index (κ2) is 24.4. The van der Waals surface area contributed by atoms with Gasteiger partial charge in [0.05, 0.1) is 86.9 Å². The average Bonchev–Trinajstić information content (AvgIpc) is 3.38. The molecule has 5 aromatic carbocycles. The molecular formula is C48H51N2O17P3. The lowest BCUT2D eigenvalue weighted by Crippen LogP contribution is -2.48. The van der Waals surface area contributed by atoms with Crippen molar-refractivity contribution in [3.8, 4) is 57.5 Å². The first-order valence-electron chi connectivity index (χ1n) is 20.6. The molecule has 0 bridgehead atoms. The third kappa shape index (κ3) is 11.8. The number of β-lactam (4-membered cyclic amide) rings is 2. The summed E-state index contributed by atoms with van der Waals surface area (Å²) in [5.74, 6) is 3.02. The lowest BCUT2D eigenvalue weighted by atomic mass is 9.88. The zero-order valence-corrected chi connectivity index (χ0v) is 42.3. The molecule has 22 heteroatoms. The molecule has 2 aliphatic heterocycles. The van der Waals surface area contributed by atoms with Gasteiger partial charge in [-0.25, -0.2) is 13.7 Å². The molecule has 3 atom stereocenters. The smallest absolute Gasteiger partial charge is 0.376 e. The van der Waals surface area contributed by atoms with Gasteiger partial charge in [-0.2, -0.15) is 4.31 Å². The molecule has 1 N–H and O–H groups in total. The Kier molecular flexibility index (Phi) is 18.8. The number of phenols is 1. The summed E-state index contributed by atoms with van der Waals surface area (Å²) in [5.41, 5.74) is 4.18. The Hall–Kier alpha value is -7.13. The summed E-state index contributed by atoms with van der Waals surface area (Å²) in [7, 11) is 7.40. The minimum absolute atomic E-state index is 0.00742. The molecule has 2 amide bonds. The molecule has 2 aliphatic rings. The highest BCUT2D eigenvalue weighted by Gasteiger charge is 2.45. The summed E-state index contributed by atoms with van der Waals surface area (Å²) < 4.78 is 89.3. The van der Waals surface area contributed by atoms with Crippen molar-refractivity contribution < 1.29 is 79.6 Å². The van der Waals surface area contributed by atoms with E-state index in [9.17, 15) is 19.3 Å². The van der Waals surface area contributed by atoms with E-state index < -0.39 is 37.1 Å². The number of phenolic OH excluding ortho intramolecular Hbond substituents is 1. The fourth-order valence-electron chi connectivity index (χ4n) is 7.40. The Labute approximate surface area is 408 Å². The fraction of sp³-hybridized carbons (Fsp3) is 0.250. The second-order valence-corrected chi connectivity index (χ2v) is 17.6. The standard InChI is InChI=1S/C28H30NO8P.C20H21NO6.O3P2/c1-18-26(29(28(18)30)21-15-24(33-3)27(35-5)25(16-21)34-4)20-12-13-22(32-2)23(14-20)37-38(6,31)36-17-19-10-8-7-9-11-19;1-11-18(12-6-7-15(24-2)14(22)8-12)21(20(11)23)13-9-16(25-3)19(27-5)17(10-13)26-4;1-4-3-5-2/h7-16,26H,1,17H2,2-6H3;6-10,18,22H,1H2,2-5H3;/t26-,38?;18-;/m11./s1. The molecule has 0 spiro atoms. The van der Waals surface area contributed by atoms with Crippen LogP contribution in [0.4, 0.5) is 11.4 Å². The molecule has 19 nitrogen and oxygen atoms in total. The van der Waals surface area contributed by atoms with Gasteiger partial charge in [0, 0.05) is 42.1 Å². The van der Waals surface area contributed by atoms with Crippen molar-refractivity contribution in [1.29, 1.82) is 0 Å². The first-order chi connectivity index (χ1) is 33.6. The summed E-state index contributed by atoms with van der Waals surface area (Å²) in [6.45, 7) is 9.37. The first-order valence-corrected chi connectivity index (χ1v) is 24.0. The molecule has 7 rings (SSSR count). The molecule has 1 unspecified atom stereocenters. The normalized spacial score (nSPS) is 15.7. The molecule has 0 aliphatic carbocycles. The van der Waals surface area contributed by atoms with Crippen molar-refractivity contribution in [3.05, 3.63) is 132 Å². The number of carbonyl (C=O) groups is 2. The van der Waals surface area contributed by atoms with Gasteiger partial charge in [-0.15, -0.1) is 0 Å². The van der Waals surface area contributed by atoms with Gasteiger partial charge in [0.15, 0.2) is 46.0 Å². The highest BCUT2D eigenvalue weighted by atomic mass is 31.2. The molecule has 0 radical (unpaired) electrons. The molecule has 2 heterocycles. The number of benzene rings is 5. The highest BCUT2D eigenvalue weighted by molar-refractivity contribution is 7.53. The first kappa shape index (κ1) is 53.8. The Morgan fingerprint density at radius 2 is 0.971 bits per heavy atom. The monoisotopic (exact) mass is 1020 g/mol.